The van der Waals surface area contributed by atoms with Crippen LogP contribution in [0.1, 0.15) is 11.1 Å². The molecule has 1 amide bonds. The van der Waals surface area contributed by atoms with Crippen LogP contribution >= 0.6 is 11.8 Å². The first-order valence-corrected chi connectivity index (χ1v) is 10.7. The van der Waals surface area contributed by atoms with Crippen molar-refractivity contribution in [2.24, 2.45) is 0 Å². The van der Waals surface area contributed by atoms with E-state index in [1.807, 2.05) is 86.6 Å². The highest BCUT2D eigenvalue weighted by atomic mass is 32.2. The molecule has 156 valence electrons. The summed E-state index contributed by atoms with van der Waals surface area (Å²) in [5, 5.41) is 15.4. The lowest BCUT2D eigenvalue weighted by atomic mass is 10.1. The maximum absolute atomic E-state index is 12.4. The van der Waals surface area contributed by atoms with Crippen LogP contribution in [0.2, 0.25) is 0 Å². The Morgan fingerprint density at radius 2 is 1.61 bits per heavy atom. The van der Waals surface area contributed by atoms with E-state index < -0.39 is 0 Å². The van der Waals surface area contributed by atoms with E-state index in [0.717, 1.165) is 22.6 Å². The van der Waals surface area contributed by atoms with Gasteiger partial charge in [0.1, 0.15) is 11.5 Å². The summed E-state index contributed by atoms with van der Waals surface area (Å²) in [5.74, 6) is 1.51. The van der Waals surface area contributed by atoms with Crippen LogP contribution in [0.3, 0.4) is 0 Å². The predicted octanol–water partition coefficient (Wildman–Crippen LogP) is 4.80. The molecule has 4 rings (SSSR count). The monoisotopic (exact) mass is 431 g/mol. The van der Waals surface area contributed by atoms with E-state index in [4.69, 9.17) is 4.74 Å². The van der Waals surface area contributed by atoms with Crippen molar-refractivity contribution in [3.63, 3.8) is 0 Å². The first kappa shape index (κ1) is 20.6. The van der Waals surface area contributed by atoms with Crippen molar-refractivity contribution in [3.05, 3.63) is 83.9 Å². The molecular formula is C23H21N5O2S. The van der Waals surface area contributed by atoms with E-state index in [-0.39, 0.29) is 11.7 Å². The fraction of sp³-hybridized carbons (Fsp3) is 0.130. The topological polar surface area (TPSA) is 81.9 Å². The molecule has 8 heteroatoms. The van der Waals surface area contributed by atoms with E-state index in [2.05, 4.69) is 20.8 Å². The number of aryl methyl sites for hydroxylation is 2. The third-order valence-electron chi connectivity index (χ3n) is 4.54. The summed E-state index contributed by atoms with van der Waals surface area (Å²) < 4.78 is 7.45. The SMILES string of the molecule is Cc1cccc(C)c1-n1nnnc1SCC(=O)Nc1ccc(Oc2ccccc2)cc1. The van der Waals surface area contributed by atoms with Crippen molar-refractivity contribution in [1.82, 2.24) is 20.2 Å². The van der Waals surface area contributed by atoms with E-state index in [9.17, 15) is 4.79 Å². The number of amides is 1. The molecule has 0 saturated heterocycles. The molecule has 0 radical (unpaired) electrons. The van der Waals surface area contributed by atoms with Gasteiger partial charge in [-0.25, -0.2) is 0 Å². The zero-order chi connectivity index (χ0) is 21.6. The highest BCUT2D eigenvalue weighted by Crippen LogP contribution is 2.25. The minimum atomic E-state index is -0.141. The summed E-state index contributed by atoms with van der Waals surface area (Å²) in [6.07, 6.45) is 0. The van der Waals surface area contributed by atoms with Crippen molar-refractivity contribution >= 4 is 23.4 Å². The number of carbonyl (C=O) groups excluding carboxylic acids is 1. The molecule has 0 bridgehead atoms. The Hall–Kier alpha value is -3.65. The molecule has 3 aromatic carbocycles. The molecule has 0 fully saturated rings. The normalized spacial score (nSPS) is 10.6. The van der Waals surface area contributed by atoms with Crippen LogP contribution in [0.15, 0.2) is 78.0 Å². The van der Waals surface area contributed by atoms with E-state index in [1.54, 1.807) is 4.68 Å². The molecular weight excluding hydrogens is 410 g/mol. The highest BCUT2D eigenvalue weighted by Gasteiger charge is 2.15. The Labute approximate surface area is 184 Å². The molecule has 0 aliphatic rings. The number of anilines is 1. The molecule has 31 heavy (non-hydrogen) atoms. The van der Waals surface area contributed by atoms with Gasteiger partial charge in [0.05, 0.1) is 11.4 Å². The lowest BCUT2D eigenvalue weighted by Gasteiger charge is -2.11. The van der Waals surface area contributed by atoms with Gasteiger partial charge in [0.15, 0.2) is 0 Å². The van der Waals surface area contributed by atoms with Gasteiger partial charge < -0.3 is 10.1 Å². The Balaban J connectivity index is 1.36. The second-order valence-corrected chi connectivity index (χ2v) is 7.83. The molecule has 0 aliphatic heterocycles. The number of aromatic nitrogens is 4. The third kappa shape index (κ3) is 5.10. The summed E-state index contributed by atoms with van der Waals surface area (Å²) >= 11 is 1.29. The number of hydrogen-bond donors (Lipinski definition) is 1. The van der Waals surface area contributed by atoms with E-state index >= 15 is 0 Å². The molecule has 1 heterocycles. The smallest absolute Gasteiger partial charge is 0.234 e. The van der Waals surface area contributed by atoms with Crippen LogP contribution in [0.5, 0.6) is 11.5 Å². The molecule has 0 saturated carbocycles. The fourth-order valence-electron chi connectivity index (χ4n) is 3.11. The minimum Gasteiger partial charge on any atom is -0.457 e. The maximum atomic E-state index is 12.4. The van der Waals surface area contributed by atoms with Crippen LogP contribution in [0.4, 0.5) is 5.69 Å². The van der Waals surface area contributed by atoms with Gasteiger partial charge in [-0.3, -0.25) is 4.79 Å². The van der Waals surface area contributed by atoms with Gasteiger partial charge in [0, 0.05) is 5.69 Å². The Morgan fingerprint density at radius 3 is 2.32 bits per heavy atom. The summed E-state index contributed by atoms with van der Waals surface area (Å²) in [5.41, 5.74) is 3.76. The summed E-state index contributed by atoms with van der Waals surface area (Å²) in [7, 11) is 0. The number of thioether (sulfide) groups is 1. The average molecular weight is 432 g/mol. The van der Waals surface area contributed by atoms with Gasteiger partial charge in [-0.15, -0.1) is 5.10 Å². The minimum absolute atomic E-state index is 0.141. The van der Waals surface area contributed by atoms with Crippen molar-refractivity contribution < 1.29 is 9.53 Å². The van der Waals surface area contributed by atoms with Crippen LogP contribution in [0.25, 0.3) is 5.69 Å². The number of hydrogen-bond acceptors (Lipinski definition) is 6. The van der Waals surface area contributed by atoms with Gasteiger partial charge in [-0.05, 0) is 71.8 Å². The van der Waals surface area contributed by atoms with Crippen molar-refractivity contribution in [3.8, 4) is 17.2 Å². The number of rotatable bonds is 7. The molecule has 7 nitrogen and oxygen atoms in total. The van der Waals surface area contributed by atoms with Crippen LogP contribution in [-0.4, -0.2) is 31.9 Å². The van der Waals surface area contributed by atoms with Crippen LogP contribution in [0, 0.1) is 13.8 Å². The van der Waals surface area contributed by atoms with Gasteiger partial charge in [0.2, 0.25) is 11.1 Å². The lowest BCUT2D eigenvalue weighted by molar-refractivity contribution is -0.113. The van der Waals surface area contributed by atoms with Crippen LogP contribution < -0.4 is 10.1 Å². The number of nitrogens with zero attached hydrogens (tertiary/aromatic N) is 4. The fourth-order valence-corrected chi connectivity index (χ4v) is 3.78. The van der Waals surface area contributed by atoms with Crippen molar-refractivity contribution in [2.45, 2.75) is 19.0 Å². The van der Waals surface area contributed by atoms with E-state index in [1.165, 1.54) is 11.8 Å². The first-order valence-electron chi connectivity index (χ1n) is 9.71. The number of ether oxygens (including phenoxy) is 1. The van der Waals surface area contributed by atoms with Crippen molar-refractivity contribution in [1.29, 1.82) is 0 Å². The zero-order valence-electron chi connectivity index (χ0n) is 17.1. The molecule has 0 atom stereocenters. The molecule has 0 unspecified atom stereocenters. The Bertz CT molecular complexity index is 1160. The van der Waals surface area contributed by atoms with Gasteiger partial charge in [0.25, 0.3) is 0 Å². The molecule has 4 aromatic rings. The molecule has 1 N–H and O–H groups in total. The first-order chi connectivity index (χ1) is 15.1. The van der Waals surface area contributed by atoms with Gasteiger partial charge in [-0.1, -0.05) is 48.2 Å². The Morgan fingerprint density at radius 1 is 0.935 bits per heavy atom. The van der Waals surface area contributed by atoms with Crippen molar-refractivity contribution in [2.75, 3.05) is 11.1 Å². The summed E-state index contributed by atoms with van der Waals surface area (Å²) in [4.78, 5) is 12.4. The predicted molar refractivity (Wildman–Crippen MR) is 121 cm³/mol. The zero-order valence-corrected chi connectivity index (χ0v) is 18.0. The van der Waals surface area contributed by atoms with E-state index in [0.29, 0.717) is 16.6 Å². The number of benzene rings is 3. The Kier molecular flexibility index (Phi) is 6.28. The number of nitrogens with one attached hydrogen (secondary N) is 1. The molecule has 0 spiro atoms. The number of para-hydroxylation sites is 2. The summed E-state index contributed by atoms with van der Waals surface area (Å²) in [6.45, 7) is 4.02. The molecule has 1 aromatic heterocycles. The maximum Gasteiger partial charge on any atom is 0.234 e. The second-order valence-electron chi connectivity index (χ2n) is 6.89. The van der Waals surface area contributed by atoms with Crippen LogP contribution in [-0.2, 0) is 4.79 Å². The van der Waals surface area contributed by atoms with Gasteiger partial charge >= 0.3 is 0 Å². The molecule has 0 aliphatic carbocycles. The third-order valence-corrected chi connectivity index (χ3v) is 5.46. The number of tetrazole rings is 1. The standard InChI is InChI=1S/C23H21N5O2S/c1-16-7-6-8-17(2)22(16)28-23(25-26-27-28)31-15-21(29)24-18-11-13-20(14-12-18)30-19-9-4-3-5-10-19/h3-14H,15H2,1-2H3,(H,24,29). The second kappa shape index (κ2) is 9.44. The largest absolute Gasteiger partial charge is 0.457 e. The quantitative estimate of drug-likeness (QED) is 0.423. The van der Waals surface area contributed by atoms with Gasteiger partial charge in [-0.2, -0.15) is 4.68 Å². The number of carbonyl (C=O) groups is 1. The summed E-state index contributed by atoms with van der Waals surface area (Å²) in [6, 6.07) is 22.8. The average Bonchev–Trinajstić information content (AvgIpc) is 3.22. The highest BCUT2D eigenvalue weighted by molar-refractivity contribution is 7.99. The lowest BCUT2D eigenvalue weighted by Crippen LogP contribution is -2.14.